The van der Waals surface area contributed by atoms with Gasteiger partial charge in [0.05, 0.1) is 4.92 Å². The van der Waals surface area contributed by atoms with Crippen LogP contribution in [0.15, 0.2) is 18.2 Å². The highest BCUT2D eigenvalue weighted by molar-refractivity contribution is 14.1. The smallest absolute Gasteiger partial charge is 0.320 e. The van der Waals surface area contributed by atoms with Gasteiger partial charge < -0.3 is 10.4 Å². The van der Waals surface area contributed by atoms with Crippen LogP contribution in [-0.2, 0) is 11.3 Å². The Labute approximate surface area is 130 Å². The zero-order valence-electron chi connectivity index (χ0n) is 11.3. The average Bonchev–Trinajstić information content (AvgIpc) is 2.33. The molecule has 0 fully saturated rings. The van der Waals surface area contributed by atoms with Crippen molar-refractivity contribution >= 4 is 34.2 Å². The number of non-ortho nitro benzene ring substituents is 1. The fourth-order valence-electron chi connectivity index (χ4n) is 1.82. The Morgan fingerprint density at radius 2 is 2.10 bits per heavy atom. The van der Waals surface area contributed by atoms with Gasteiger partial charge in [0, 0.05) is 22.2 Å². The highest BCUT2D eigenvalue weighted by Gasteiger charge is 2.18. The van der Waals surface area contributed by atoms with Crippen LogP contribution in [0.5, 0.6) is 0 Å². The van der Waals surface area contributed by atoms with Gasteiger partial charge in [-0.1, -0.05) is 13.8 Å². The molecule has 7 heteroatoms. The SMILES string of the molecule is CC(C)CC(NCc1cc(I)cc([N+](=O)[O-])c1)C(=O)O. The Balaban J connectivity index is 2.77. The largest absolute Gasteiger partial charge is 0.480 e. The summed E-state index contributed by atoms with van der Waals surface area (Å²) >= 11 is 2.01. The minimum absolute atomic E-state index is 0.0180. The van der Waals surface area contributed by atoms with Crippen molar-refractivity contribution in [1.29, 1.82) is 0 Å². The Morgan fingerprint density at radius 1 is 1.45 bits per heavy atom. The van der Waals surface area contributed by atoms with Gasteiger partial charge in [0.1, 0.15) is 6.04 Å². The Bertz CT molecular complexity index is 505. The predicted octanol–water partition coefficient (Wildman–Crippen LogP) is 2.79. The van der Waals surface area contributed by atoms with Crippen molar-refractivity contribution in [2.24, 2.45) is 5.92 Å². The van der Waals surface area contributed by atoms with Crippen molar-refractivity contribution in [3.63, 3.8) is 0 Å². The maximum atomic E-state index is 11.1. The van der Waals surface area contributed by atoms with Crippen molar-refractivity contribution in [3.8, 4) is 0 Å². The number of nitrogens with one attached hydrogen (secondary N) is 1. The van der Waals surface area contributed by atoms with Crippen LogP contribution in [-0.4, -0.2) is 22.0 Å². The molecule has 1 rings (SSSR count). The molecule has 0 aliphatic rings. The zero-order valence-corrected chi connectivity index (χ0v) is 13.5. The number of halogens is 1. The van der Waals surface area contributed by atoms with Crippen molar-refractivity contribution in [3.05, 3.63) is 37.4 Å². The summed E-state index contributed by atoms with van der Waals surface area (Å²) in [7, 11) is 0. The molecule has 0 radical (unpaired) electrons. The van der Waals surface area contributed by atoms with E-state index in [-0.39, 0.29) is 11.6 Å². The number of nitro benzene ring substituents is 1. The van der Waals surface area contributed by atoms with Crippen LogP contribution in [0.3, 0.4) is 0 Å². The van der Waals surface area contributed by atoms with Crippen molar-refractivity contribution in [1.82, 2.24) is 5.32 Å². The summed E-state index contributed by atoms with van der Waals surface area (Å²) in [6.07, 6.45) is 0.515. The van der Waals surface area contributed by atoms with Gasteiger partial charge in [-0.3, -0.25) is 14.9 Å². The van der Waals surface area contributed by atoms with E-state index in [1.807, 2.05) is 36.4 Å². The Morgan fingerprint density at radius 3 is 2.60 bits per heavy atom. The number of hydrogen-bond donors (Lipinski definition) is 2. The Kier molecular flexibility index (Phi) is 6.34. The summed E-state index contributed by atoms with van der Waals surface area (Å²) < 4.78 is 0.754. The summed E-state index contributed by atoms with van der Waals surface area (Å²) in [4.78, 5) is 21.5. The summed E-state index contributed by atoms with van der Waals surface area (Å²) in [5.74, 6) is -0.646. The summed E-state index contributed by atoms with van der Waals surface area (Å²) in [6.45, 7) is 4.20. The van der Waals surface area contributed by atoms with Crippen LogP contribution < -0.4 is 5.32 Å². The zero-order chi connectivity index (χ0) is 15.3. The van der Waals surface area contributed by atoms with E-state index in [0.717, 1.165) is 3.57 Å². The molecule has 0 spiro atoms. The number of rotatable bonds is 7. The van der Waals surface area contributed by atoms with Gasteiger partial charge >= 0.3 is 5.97 Å². The van der Waals surface area contributed by atoms with E-state index in [9.17, 15) is 14.9 Å². The molecule has 0 heterocycles. The van der Waals surface area contributed by atoms with Gasteiger partial charge in [-0.15, -0.1) is 0 Å². The minimum Gasteiger partial charge on any atom is -0.480 e. The normalized spacial score (nSPS) is 12.4. The van der Waals surface area contributed by atoms with Crippen LogP contribution in [0.25, 0.3) is 0 Å². The average molecular weight is 392 g/mol. The third-order valence-electron chi connectivity index (χ3n) is 2.71. The van der Waals surface area contributed by atoms with Crippen LogP contribution in [0.2, 0.25) is 0 Å². The van der Waals surface area contributed by atoms with Gasteiger partial charge in [0.25, 0.3) is 5.69 Å². The first kappa shape index (κ1) is 16.8. The molecule has 0 saturated heterocycles. The second-order valence-corrected chi connectivity index (χ2v) is 6.22. The van der Waals surface area contributed by atoms with E-state index in [4.69, 9.17) is 5.11 Å². The fraction of sp³-hybridized carbons (Fsp3) is 0.462. The molecule has 2 N–H and O–H groups in total. The van der Waals surface area contributed by atoms with Crippen molar-refractivity contribution in [2.45, 2.75) is 32.9 Å². The molecule has 110 valence electrons. The van der Waals surface area contributed by atoms with E-state index in [1.54, 1.807) is 6.07 Å². The molecule has 1 atom stereocenters. The highest BCUT2D eigenvalue weighted by Crippen LogP contribution is 2.19. The first-order valence-electron chi connectivity index (χ1n) is 6.19. The molecule has 0 amide bonds. The van der Waals surface area contributed by atoms with E-state index < -0.39 is 16.9 Å². The topological polar surface area (TPSA) is 92.5 Å². The lowest BCUT2D eigenvalue weighted by atomic mass is 10.0. The maximum Gasteiger partial charge on any atom is 0.320 e. The van der Waals surface area contributed by atoms with Gasteiger partial charge in [-0.25, -0.2) is 0 Å². The molecule has 0 aliphatic heterocycles. The number of benzene rings is 1. The number of nitrogens with zero attached hydrogens (tertiary/aromatic N) is 1. The second-order valence-electron chi connectivity index (χ2n) is 4.98. The molecule has 1 aromatic carbocycles. The second kappa shape index (κ2) is 7.53. The highest BCUT2D eigenvalue weighted by atomic mass is 127. The molecule has 1 aromatic rings. The van der Waals surface area contributed by atoms with Gasteiger partial charge in [-0.2, -0.15) is 0 Å². The first-order chi connectivity index (χ1) is 9.29. The predicted molar refractivity (Wildman–Crippen MR) is 83.5 cm³/mol. The van der Waals surface area contributed by atoms with Crippen LogP contribution >= 0.6 is 22.6 Å². The van der Waals surface area contributed by atoms with Crippen LogP contribution in [0.1, 0.15) is 25.8 Å². The van der Waals surface area contributed by atoms with Crippen molar-refractivity contribution < 1.29 is 14.8 Å². The number of carboxylic acid groups (broad SMARTS) is 1. The maximum absolute atomic E-state index is 11.1. The molecule has 6 nitrogen and oxygen atoms in total. The molecule has 0 saturated carbocycles. The van der Waals surface area contributed by atoms with Gasteiger partial charge in [0.15, 0.2) is 0 Å². The van der Waals surface area contributed by atoms with Gasteiger partial charge in [-0.05, 0) is 46.6 Å². The van der Waals surface area contributed by atoms with Crippen LogP contribution in [0, 0.1) is 19.6 Å². The van der Waals surface area contributed by atoms with Crippen molar-refractivity contribution in [2.75, 3.05) is 0 Å². The first-order valence-corrected chi connectivity index (χ1v) is 7.27. The van der Waals surface area contributed by atoms with E-state index in [2.05, 4.69) is 5.32 Å². The molecule has 0 aliphatic carbocycles. The number of aliphatic carboxylic acids is 1. The summed E-state index contributed by atoms with van der Waals surface area (Å²) in [6, 6.07) is 4.09. The molecule has 0 aromatic heterocycles. The number of hydrogen-bond acceptors (Lipinski definition) is 4. The number of carbonyl (C=O) groups is 1. The quantitative estimate of drug-likeness (QED) is 0.423. The van der Waals surface area contributed by atoms with E-state index in [1.165, 1.54) is 12.1 Å². The Hall–Kier alpha value is -1.22. The molecule has 0 bridgehead atoms. The number of carboxylic acids is 1. The summed E-state index contributed by atoms with van der Waals surface area (Å²) in [5, 5.41) is 22.8. The third kappa shape index (κ3) is 5.41. The minimum atomic E-state index is -0.904. The molecular formula is C13H17IN2O4. The van der Waals surface area contributed by atoms with Gasteiger partial charge in [0.2, 0.25) is 0 Å². The lowest BCUT2D eigenvalue weighted by molar-refractivity contribution is -0.385. The lowest BCUT2D eigenvalue weighted by Gasteiger charge is -2.16. The third-order valence-corrected chi connectivity index (χ3v) is 3.33. The van der Waals surface area contributed by atoms with E-state index >= 15 is 0 Å². The van der Waals surface area contributed by atoms with E-state index in [0.29, 0.717) is 18.5 Å². The molecular weight excluding hydrogens is 375 g/mol. The standard InChI is InChI=1S/C13H17IN2O4/c1-8(2)3-12(13(17)18)15-7-9-4-10(14)6-11(5-9)16(19)20/h4-6,8,12,15H,3,7H2,1-2H3,(H,17,18). The van der Waals surface area contributed by atoms with Crippen LogP contribution in [0.4, 0.5) is 5.69 Å². The summed E-state index contributed by atoms with van der Waals surface area (Å²) in [5.41, 5.74) is 0.725. The number of nitro groups is 1. The molecule has 1 unspecified atom stereocenters. The fourth-order valence-corrected chi connectivity index (χ4v) is 2.54. The lowest BCUT2D eigenvalue weighted by Crippen LogP contribution is -2.37. The monoisotopic (exact) mass is 392 g/mol. The molecule has 20 heavy (non-hydrogen) atoms.